The topological polar surface area (TPSA) is 43.6 Å². The molecule has 1 amide bonds. The molecule has 0 N–H and O–H groups in total. The van der Waals surface area contributed by atoms with E-state index in [1.807, 2.05) is 35.9 Å². The number of methoxy groups -OCH3 is 1. The summed E-state index contributed by atoms with van der Waals surface area (Å²) in [6, 6.07) is 13.2. The van der Waals surface area contributed by atoms with Crippen LogP contribution in [-0.2, 0) is 13.5 Å². The molecule has 134 valence electrons. The first-order valence-corrected chi connectivity index (χ1v) is 9.03. The summed E-state index contributed by atoms with van der Waals surface area (Å²) in [5.74, 6) is 0.0326. The molecule has 0 radical (unpaired) electrons. The van der Waals surface area contributed by atoms with Gasteiger partial charge in [0.1, 0.15) is 11.6 Å². The normalized spacial score (nSPS) is 11.6. The van der Waals surface area contributed by atoms with Crippen LogP contribution in [-0.4, -0.2) is 17.6 Å². The van der Waals surface area contributed by atoms with Gasteiger partial charge >= 0.3 is 0 Å². The number of benzene rings is 2. The Hall–Kier alpha value is -2.73. The van der Waals surface area contributed by atoms with Crippen LogP contribution < -0.4 is 9.54 Å². The van der Waals surface area contributed by atoms with Gasteiger partial charge in [-0.25, -0.2) is 4.39 Å². The molecule has 0 unspecified atom stereocenters. The number of thiazole rings is 1. The quantitative estimate of drug-likeness (QED) is 0.691. The van der Waals surface area contributed by atoms with E-state index in [9.17, 15) is 9.18 Å². The molecule has 0 aliphatic heterocycles. The lowest BCUT2D eigenvalue weighted by molar-refractivity contribution is 0.0998. The first kappa shape index (κ1) is 18.1. The summed E-state index contributed by atoms with van der Waals surface area (Å²) in [4.78, 5) is 18.4. The lowest BCUT2D eigenvalue weighted by atomic mass is 10.1. The number of carbonyl (C=O) groups is 1. The van der Waals surface area contributed by atoms with Crippen molar-refractivity contribution in [2.75, 3.05) is 7.11 Å². The minimum absolute atomic E-state index is 0.365. The van der Waals surface area contributed by atoms with Crippen molar-refractivity contribution in [1.29, 1.82) is 0 Å². The Kier molecular flexibility index (Phi) is 5.32. The fraction of sp³-hybridized carbons (Fsp3) is 0.200. The highest BCUT2D eigenvalue weighted by Crippen LogP contribution is 2.27. The Labute approximate surface area is 155 Å². The number of hydrogen-bond acceptors (Lipinski definition) is 3. The van der Waals surface area contributed by atoms with Crippen molar-refractivity contribution < 1.29 is 13.9 Å². The molecule has 0 aliphatic carbocycles. The number of carbonyl (C=O) groups excluding carboxylic acids is 1. The minimum Gasteiger partial charge on any atom is -0.497 e. The van der Waals surface area contributed by atoms with Crippen molar-refractivity contribution in [3.8, 4) is 17.0 Å². The van der Waals surface area contributed by atoms with Gasteiger partial charge in [-0.15, -0.1) is 11.3 Å². The lowest BCUT2D eigenvalue weighted by Gasteiger charge is -2.07. The predicted molar refractivity (Wildman–Crippen MR) is 101 cm³/mol. The Morgan fingerprint density at radius 2 is 1.81 bits per heavy atom. The predicted octanol–water partition coefficient (Wildman–Crippen LogP) is 4.20. The summed E-state index contributed by atoms with van der Waals surface area (Å²) in [6.45, 7) is 2.07. The molecule has 1 heterocycles. The monoisotopic (exact) mass is 370 g/mol. The van der Waals surface area contributed by atoms with Crippen molar-refractivity contribution in [1.82, 2.24) is 4.57 Å². The Balaban J connectivity index is 2.04. The van der Waals surface area contributed by atoms with E-state index in [2.05, 4.69) is 11.9 Å². The molecule has 0 atom stereocenters. The average molecular weight is 370 g/mol. The number of rotatable bonds is 4. The number of aromatic nitrogens is 1. The van der Waals surface area contributed by atoms with Crippen molar-refractivity contribution in [2.24, 2.45) is 12.0 Å². The number of amides is 1. The Morgan fingerprint density at radius 1 is 1.15 bits per heavy atom. The molecule has 0 spiro atoms. The standard InChI is InChI=1S/C20H19FN2O2S/c1-4-17-18(13-7-11-16(25-3)12-8-13)23(2)20(26-17)22-19(24)14-5-9-15(21)10-6-14/h5-12H,4H2,1-3H3. The summed E-state index contributed by atoms with van der Waals surface area (Å²) in [7, 11) is 3.53. The van der Waals surface area contributed by atoms with Gasteiger partial charge in [0.05, 0.1) is 12.8 Å². The molecule has 26 heavy (non-hydrogen) atoms. The zero-order valence-electron chi connectivity index (χ0n) is 14.8. The maximum Gasteiger partial charge on any atom is 0.279 e. The van der Waals surface area contributed by atoms with Crippen LogP contribution in [0, 0.1) is 5.82 Å². The molecular formula is C20H19FN2O2S. The fourth-order valence-electron chi connectivity index (χ4n) is 2.69. The number of halogens is 1. The number of aryl methyl sites for hydroxylation is 1. The molecule has 2 aromatic carbocycles. The first-order chi connectivity index (χ1) is 12.5. The SMILES string of the molecule is CCc1sc(=NC(=O)c2ccc(F)cc2)n(C)c1-c1ccc(OC)cc1. The van der Waals surface area contributed by atoms with Crippen molar-refractivity contribution in [3.05, 3.63) is 69.6 Å². The fourth-order valence-corrected chi connectivity index (χ4v) is 3.77. The van der Waals surface area contributed by atoms with Crippen LogP contribution >= 0.6 is 11.3 Å². The smallest absolute Gasteiger partial charge is 0.279 e. The highest BCUT2D eigenvalue weighted by Gasteiger charge is 2.13. The molecule has 6 heteroatoms. The van der Waals surface area contributed by atoms with E-state index >= 15 is 0 Å². The van der Waals surface area contributed by atoms with E-state index in [1.54, 1.807) is 7.11 Å². The van der Waals surface area contributed by atoms with Gasteiger partial charge in [0, 0.05) is 17.5 Å². The molecule has 0 saturated carbocycles. The molecule has 1 aromatic heterocycles. The van der Waals surface area contributed by atoms with Crippen LogP contribution in [0.3, 0.4) is 0 Å². The Morgan fingerprint density at radius 3 is 2.38 bits per heavy atom. The van der Waals surface area contributed by atoms with Crippen LogP contribution in [0.4, 0.5) is 4.39 Å². The molecule has 4 nitrogen and oxygen atoms in total. The van der Waals surface area contributed by atoms with E-state index in [4.69, 9.17) is 4.74 Å². The van der Waals surface area contributed by atoms with E-state index in [1.165, 1.54) is 35.6 Å². The first-order valence-electron chi connectivity index (χ1n) is 8.21. The summed E-state index contributed by atoms with van der Waals surface area (Å²) in [6.07, 6.45) is 0.833. The maximum absolute atomic E-state index is 13.0. The second kappa shape index (κ2) is 7.66. The second-order valence-electron chi connectivity index (χ2n) is 5.72. The van der Waals surface area contributed by atoms with Crippen LogP contribution in [0.5, 0.6) is 5.75 Å². The van der Waals surface area contributed by atoms with Gasteiger partial charge in [0.2, 0.25) is 0 Å². The zero-order valence-corrected chi connectivity index (χ0v) is 15.6. The largest absolute Gasteiger partial charge is 0.497 e. The van der Waals surface area contributed by atoms with E-state index in [-0.39, 0.29) is 11.7 Å². The van der Waals surface area contributed by atoms with Crippen LogP contribution in [0.25, 0.3) is 11.3 Å². The number of hydrogen-bond donors (Lipinski definition) is 0. The van der Waals surface area contributed by atoms with Crippen molar-refractivity contribution in [3.63, 3.8) is 0 Å². The second-order valence-corrected chi connectivity index (χ2v) is 6.78. The van der Waals surface area contributed by atoms with Crippen LogP contribution in [0.15, 0.2) is 53.5 Å². The zero-order chi connectivity index (χ0) is 18.7. The summed E-state index contributed by atoms with van der Waals surface area (Å²) < 4.78 is 20.2. The highest BCUT2D eigenvalue weighted by atomic mass is 32.1. The van der Waals surface area contributed by atoms with Gasteiger partial charge in [0.25, 0.3) is 5.91 Å². The molecule has 0 fully saturated rings. The molecule has 3 rings (SSSR count). The van der Waals surface area contributed by atoms with E-state index < -0.39 is 0 Å². The molecule has 3 aromatic rings. The minimum atomic E-state index is -0.384. The van der Waals surface area contributed by atoms with Gasteiger partial charge in [-0.1, -0.05) is 6.92 Å². The lowest BCUT2D eigenvalue weighted by Crippen LogP contribution is -2.14. The summed E-state index contributed by atoms with van der Waals surface area (Å²) in [5.41, 5.74) is 2.44. The average Bonchev–Trinajstić information content (AvgIpc) is 2.98. The third-order valence-corrected chi connectivity index (χ3v) is 5.35. The maximum atomic E-state index is 13.0. The summed E-state index contributed by atoms with van der Waals surface area (Å²) >= 11 is 1.49. The molecule has 0 bridgehead atoms. The van der Waals surface area contributed by atoms with Gasteiger partial charge in [0.15, 0.2) is 4.80 Å². The van der Waals surface area contributed by atoms with Gasteiger partial charge in [-0.05, 0) is 60.5 Å². The van der Waals surface area contributed by atoms with Gasteiger partial charge in [-0.2, -0.15) is 4.99 Å². The molecule has 0 aliphatic rings. The molecule has 0 saturated heterocycles. The number of nitrogens with zero attached hydrogens (tertiary/aromatic N) is 2. The third-order valence-electron chi connectivity index (χ3n) is 4.07. The number of ether oxygens (including phenoxy) is 1. The summed E-state index contributed by atoms with van der Waals surface area (Å²) in [5, 5.41) is 0. The van der Waals surface area contributed by atoms with Crippen molar-refractivity contribution in [2.45, 2.75) is 13.3 Å². The van der Waals surface area contributed by atoms with E-state index in [0.29, 0.717) is 10.4 Å². The van der Waals surface area contributed by atoms with Crippen molar-refractivity contribution >= 4 is 17.2 Å². The van der Waals surface area contributed by atoms with Gasteiger partial charge in [-0.3, -0.25) is 4.79 Å². The highest BCUT2D eigenvalue weighted by molar-refractivity contribution is 7.09. The Bertz CT molecular complexity index is 986. The van der Waals surface area contributed by atoms with E-state index in [0.717, 1.165) is 28.3 Å². The van der Waals surface area contributed by atoms with Gasteiger partial charge < -0.3 is 9.30 Å². The molecular weight excluding hydrogens is 351 g/mol. The van der Waals surface area contributed by atoms with Crippen LogP contribution in [0.2, 0.25) is 0 Å². The third kappa shape index (κ3) is 3.60. The van der Waals surface area contributed by atoms with Crippen LogP contribution in [0.1, 0.15) is 22.2 Å².